The molecule has 1 amide bonds. The van der Waals surface area contributed by atoms with Crippen molar-refractivity contribution >= 4 is 29.8 Å². The van der Waals surface area contributed by atoms with Gasteiger partial charge in [-0.15, -0.1) is 12.4 Å². The molecule has 124 valence electrons. The fourth-order valence-corrected chi connectivity index (χ4v) is 2.49. The molecule has 0 spiro atoms. The van der Waals surface area contributed by atoms with E-state index in [4.69, 9.17) is 4.42 Å². The van der Waals surface area contributed by atoms with Gasteiger partial charge >= 0.3 is 0 Å². The van der Waals surface area contributed by atoms with Crippen molar-refractivity contribution in [1.82, 2.24) is 15.3 Å². The van der Waals surface area contributed by atoms with Crippen LogP contribution in [-0.2, 0) is 0 Å². The highest BCUT2D eigenvalue weighted by Crippen LogP contribution is 2.17. The minimum absolute atomic E-state index is 0. The van der Waals surface area contributed by atoms with E-state index in [1.54, 1.807) is 26.1 Å². The Morgan fingerprint density at radius 3 is 2.61 bits per heavy atom. The van der Waals surface area contributed by atoms with Crippen LogP contribution in [-0.4, -0.2) is 42.1 Å². The van der Waals surface area contributed by atoms with Crippen molar-refractivity contribution < 1.29 is 9.21 Å². The number of halogens is 1. The van der Waals surface area contributed by atoms with Crippen LogP contribution in [0.2, 0.25) is 0 Å². The molecule has 3 rings (SSSR count). The summed E-state index contributed by atoms with van der Waals surface area (Å²) in [7, 11) is 0. The minimum atomic E-state index is -0.333. The van der Waals surface area contributed by atoms with Gasteiger partial charge in [0.25, 0.3) is 5.91 Å². The Kier molecular flexibility index (Phi) is 5.57. The van der Waals surface area contributed by atoms with Crippen LogP contribution >= 0.6 is 12.4 Å². The van der Waals surface area contributed by atoms with E-state index in [1.165, 1.54) is 0 Å². The molecule has 0 atom stereocenters. The lowest BCUT2D eigenvalue weighted by Crippen LogP contribution is -2.43. The third-order valence-electron chi connectivity index (χ3n) is 3.58. The highest BCUT2D eigenvalue weighted by atomic mass is 35.5. The minimum Gasteiger partial charge on any atom is -0.436 e. The lowest BCUT2D eigenvalue weighted by Gasteiger charge is -2.29. The topological polar surface area (TPSA) is 83.3 Å². The van der Waals surface area contributed by atoms with Gasteiger partial charge in [-0.2, -0.15) is 0 Å². The predicted molar refractivity (Wildman–Crippen MR) is 90.5 cm³/mol. The van der Waals surface area contributed by atoms with Gasteiger partial charge in [0.15, 0.2) is 5.89 Å². The normalized spacial score (nSPS) is 14.3. The van der Waals surface area contributed by atoms with Crippen LogP contribution in [0.1, 0.15) is 22.1 Å². The summed E-state index contributed by atoms with van der Waals surface area (Å²) in [4.78, 5) is 22.8. The summed E-state index contributed by atoms with van der Waals surface area (Å²) in [5.74, 6) is 0.869. The van der Waals surface area contributed by atoms with Crippen molar-refractivity contribution in [3.63, 3.8) is 0 Å². The van der Waals surface area contributed by atoms with Crippen LogP contribution in [0.3, 0.4) is 0 Å². The summed E-state index contributed by atoms with van der Waals surface area (Å²) >= 11 is 0. The summed E-state index contributed by atoms with van der Waals surface area (Å²) < 4.78 is 5.30. The lowest BCUT2D eigenvalue weighted by molar-refractivity contribution is 0.0994. The van der Waals surface area contributed by atoms with Crippen molar-refractivity contribution in [2.75, 3.05) is 36.4 Å². The summed E-state index contributed by atoms with van der Waals surface area (Å²) in [6.45, 7) is 7.33. The van der Waals surface area contributed by atoms with Gasteiger partial charge in [0, 0.05) is 33.1 Å². The zero-order valence-corrected chi connectivity index (χ0v) is 13.9. The number of piperazine rings is 1. The molecule has 0 aliphatic carbocycles. The maximum atomic E-state index is 12.1. The second-order valence-corrected chi connectivity index (χ2v) is 5.24. The molecule has 0 bridgehead atoms. The van der Waals surface area contributed by atoms with E-state index in [9.17, 15) is 4.79 Å². The van der Waals surface area contributed by atoms with Gasteiger partial charge in [-0.1, -0.05) is 0 Å². The van der Waals surface area contributed by atoms with E-state index in [0.29, 0.717) is 17.4 Å². The van der Waals surface area contributed by atoms with E-state index < -0.39 is 0 Å². The first-order valence-electron chi connectivity index (χ1n) is 7.30. The van der Waals surface area contributed by atoms with Crippen molar-refractivity contribution in [3.8, 4) is 0 Å². The molecular weight excluding hydrogens is 318 g/mol. The van der Waals surface area contributed by atoms with Crippen LogP contribution in [0.5, 0.6) is 0 Å². The molecule has 1 fully saturated rings. The Labute approximate surface area is 140 Å². The second-order valence-electron chi connectivity index (χ2n) is 5.24. The van der Waals surface area contributed by atoms with Gasteiger partial charge in [-0.3, -0.25) is 4.79 Å². The van der Waals surface area contributed by atoms with Crippen molar-refractivity contribution in [2.45, 2.75) is 13.8 Å². The number of hydrogen-bond donors (Lipinski definition) is 2. The zero-order valence-electron chi connectivity index (χ0n) is 13.1. The number of hydrogen-bond acceptors (Lipinski definition) is 6. The first-order valence-corrected chi connectivity index (χ1v) is 7.30. The highest BCUT2D eigenvalue weighted by molar-refractivity contribution is 6.02. The molecule has 0 unspecified atom stereocenters. The van der Waals surface area contributed by atoms with E-state index >= 15 is 0 Å². The summed E-state index contributed by atoms with van der Waals surface area (Å²) in [5, 5.41) is 6.04. The average molecular weight is 338 g/mol. The van der Waals surface area contributed by atoms with Crippen LogP contribution in [0, 0.1) is 13.8 Å². The van der Waals surface area contributed by atoms with Crippen molar-refractivity contribution in [1.29, 1.82) is 0 Å². The van der Waals surface area contributed by atoms with Gasteiger partial charge in [0.2, 0.25) is 5.76 Å². The van der Waals surface area contributed by atoms with Gasteiger partial charge in [-0.05, 0) is 19.1 Å². The Balaban J connectivity index is 0.00000192. The number of aromatic nitrogens is 2. The van der Waals surface area contributed by atoms with Gasteiger partial charge in [0.1, 0.15) is 5.82 Å². The first-order chi connectivity index (χ1) is 10.6. The number of oxazole rings is 1. The fraction of sp³-hybridized carbons (Fsp3) is 0.400. The monoisotopic (exact) mass is 337 g/mol. The molecule has 23 heavy (non-hydrogen) atoms. The molecule has 1 aliphatic rings. The summed E-state index contributed by atoms with van der Waals surface area (Å²) in [6.07, 6.45) is 1.78. The molecule has 3 heterocycles. The summed E-state index contributed by atoms with van der Waals surface area (Å²) in [5.41, 5.74) is 1.64. The average Bonchev–Trinajstić information content (AvgIpc) is 2.88. The molecule has 0 aromatic carbocycles. The van der Waals surface area contributed by atoms with Crippen molar-refractivity contribution in [2.24, 2.45) is 0 Å². The molecule has 2 aromatic rings. The van der Waals surface area contributed by atoms with Crippen LogP contribution in [0.25, 0.3) is 0 Å². The standard InChI is InChI=1S/C15H19N5O2.ClH/c1-10-14(22-11(2)18-10)15(21)19-13-4-3-12(9-17-13)20-7-5-16-6-8-20;/h3-4,9,16H,5-8H2,1-2H3,(H,17,19,21);1H. The van der Waals surface area contributed by atoms with Crippen LogP contribution in [0.15, 0.2) is 22.7 Å². The number of anilines is 2. The predicted octanol–water partition coefficient (Wildman–Crippen LogP) is 1.77. The van der Waals surface area contributed by atoms with Gasteiger partial charge in [0.05, 0.1) is 17.6 Å². The van der Waals surface area contributed by atoms with E-state index in [-0.39, 0.29) is 24.1 Å². The fourth-order valence-electron chi connectivity index (χ4n) is 2.49. The van der Waals surface area contributed by atoms with Crippen LogP contribution in [0.4, 0.5) is 11.5 Å². The van der Waals surface area contributed by atoms with Crippen molar-refractivity contribution in [3.05, 3.63) is 35.7 Å². The Bertz CT molecular complexity index is 665. The lowest BCUT2D eigenvalue weighted by atomic mass is 10.3. The molecule has 2 aromatic heterocycles. The number of rotatable bonds is 3. The molecular formula is C15H20ClN5O2. The maximum Gasteiger partial charge on any atom is 0.294 e. The molecule has 8 heteroatoms. The molecule has 0 radical (unpaired) electrons. The number of nitrogens with zero attached hydrogens (tertiary/aromatic N) is 3. The third-order valence-corrected chi connectivity index (χ3v) is 3.58. The Morgan fingerprint density at radius 1 is 1.30 bits per heavy atom. The number of aryl methyl sites for hydroxylation is 2. The second kappa shape index (κ2) is 7.43. The van der Waals surface area contributed by atoms with E-state index in [0.717, 1.165) is 31.9 Å². The van der Waals surface area contributed by atoms with Crippen LogP contribution < -0.4 is 15.5 Å². The van der Waals surface area contributed by atoms with E-state index in [1.807, 2.05) is 6.07 Å². The molecule has 2 N–H and O–H groups in total. The summed E-state index contributed by atoms with van der Waals surface area (Å²) in [6, 6.07) is 3.76. The smallest absolute Gasteiger partial charge is 0.294 e. The zero-order chi connectivity index (χ0) is 15.5. The Hall–Kier alpha value is -2.12. The quantitative estimate of drug-likeness (QED) is 0.888. The molecule has 0 saturated carbocycles. The number of carbonyl (C=O) groups is 1. The largest absolute Gasteiger partial charge is 0.436 e. The molecule has 1 aliphatic heterocycles. The van der Waals surface area contributed by atoms with Gasteiger partial charge in [-0.25, -0.2) is 9.97 Å². The number of amides is 1. The number of nitrogens with one attached hydrogen (secondary N) is 2. The highest BCUT2D eigenvalue weighted by Gasteiger charge is 2.17. The van der Waals surface area contributed by atoms with E-state index in [2.05, 4.69) is 25.5 Å². The Morgan fingerprint density at radius 2 is 2.04 bits per heavy atom. The maximum absolute atomic E-state index is 12.1. The molecule has 7 nitrogen and oxygen atoms in total. The SMILES string of the molecule is Cc1nc(C)c(C(=O)Nc2ccc(N3CCNCC3)cn2)o1.Cl. The third kappa shape index (κ3) is 4.00. The first kappa shape index (κ1) is 17.2. The number of pyridine rings is 1. The van der Waals surface area contributed by atoms with Gasteiger partial charge < -0.3 is 20.0 Å². The molecule has 1 saturated heterocycles. The number of carbonyl (C=O) groups excluding carboxylic acids is 1.